The molecule has 7 heteroatoms. The van der Waals surface area contributed by atoms with Crippen LogP contribution in [0.3, 0.4) is 0 Å². The maximum absolute atomic E-state index is 6.03. The van der Waals surface area contributed by atoms with Gasteiger partial charge in [-0.3, -0.25) is 0 Å². The van der Waals surface area contributed by atoms with Crippen molar-refractivity contribution < 1.29 is 0 Å². The van der Waals surface area contributed by atoms with Crippen molar-refractivity contribution in [2.45, 2.75) is 13.3 Å². The van der Waals surface area contributed by atoms with Crippen LogP contribution in [0.25, 0.3) is 0 Å². The van der Waals surface area contributed by atoms with Gasteiger partial charge < -0.3 is 10.6 Å². The molecular weight excluding hydrogens is 357 g/mol. The molecule has 5 nitrogen and oxygen atoms in total. The highest BCUT2D eigenvalue weighted by molar-refractivity contribution is 6.31. The van der Waals surface area contributed by atoms with Crippen LogP contribution >= 0.6 is 23.2 Å². The topological polar surface area (TPSA) is 62.7 Å². The van der Waals surface area contributed by atoms with Gasteiger partial charge in [0, 0.05) is 22.3 Å². The number of benzene rings is 2. The Morgan fingerprint density at radius 2 is 1.76 bits per heavy atom. The van der Waals surface area contributed by atoms with Crippen LogP contribution in [-0.4, -0.2) is 21.7 Å². The van der Waals surface area contributed by atoms with Crippen LogP contribution in [0.4, 0.5) is 17.5 Å². The molecule has 0 saturated heterocycles. The number of hydrogen-bond donors (Lipinski definition) is 2. The van der Waals surface area contributed by atoms with E-state index in [1.165, 1.54) is 5.56 Å². The summed E-state index contributed by atoms with van der Waals surface area (Å²) in [6, 6.07) is 13.4. The number of nitrogens with zero attached hydrogens (tertiary/aromatic N) is 3. The SMILES string of the molecule is Cc1ccc(Cl)cc1Nc1nncc(NCCc2ccc(Cl)cc2)n1. The van der Waals surface area contributed by atoms with Crippen LogP contribution in [-0.2, 0) is 6.42 Å². The van der Waals surface area contributed by atoms with Gasteiger partial charge in [0.05, 0.1) is 6.20 Å². The summed E-state index contributed by atoms with van der Waals surface area (Å²) in [7, 11) is 0. The second-order valence-corrected chi connectivity index (χ2v) is 6.43. The highest BCUT2D eigenvalue weighted by atomic mass is 35.5. The van der Waals surface area contributed by atoms with Crippen molar-refractivity contribution in [3.05, 3.63) is 69.8 Å². The molecule has 0 saturated carbocycles. The number of aromatic nitrogens is 3. The summed E-state index contributed by atoms with van der Waals surface area (Å²) in [5.74, 6) is 1.08. The molecule has 0 unspecified atom stereocenters. The molecule has 0 aliphatic rings. The molecule has 0 fully saturated rings. The average Bonchev–Trinajstić information content (AvgIpc) is 2.60. The molecule has 2 aromatic carbocycles. The summed E-state index contributed by atoms with van der Waals surface area (Å²) in [6.07, 6.45) is 2.45. The molecule has 0 radical (unpaired) electrons. The zero-order chi connectivity index (χ0) is 17.6. The second kappa shape index (κ2) is 8.14. The van der Waals surface area contributed by atoms with Gasteiger partial charge in [0.2, 0.25) is 5.95 Å². The Kier molecular flexibility index (Phi) is 5.68. The van der Waals surface area contributed by atoms with Gasteiger partial charge >= 0.3 is 0 Å². The van der Waals surface area contributed by atoms with E-state index in [2.05, 4.69) is 25.8 Å². The van der Waals surface area contributed by atoms with E-state index in [9.17, 15) is 0 Å². The number of hydrogen-bond acceptors (Lipinski definition) is 5. The molecule has 0 aliphatic carbocycles. The van der Waals surface area contributed by atoms with Crippen molar-refractivity contribution in [2.24, 2.45) is 0 Å². The van der Waals surface area contributed by atoms with Crippen molar-refractivity contribution in [3.63, 3.8) is 0 Å². The summed E-state index contributed by atoms with van der Waals surface area (Å²) in [6.45, 7) is 2.72. The van der Waals surface area contributed by atoms with E-state index in [1.807, 2.05) is 49.4 Å². The Morgan fingerprint density at radius 3 is 2.56 bits per heavy atom. The lowest BCUT2D eigenvalue weighted by molar-refractivity contribution is 0.950. The fraction of sp³-hybridized carbons (Fsp3) is 0.167. The molecule has 0 bridgehead atoms. The average molecular weight is 374 g/mol. The minimum absolute atomic E-state index is 0.418. The molecule has 0 atom stereocenters. The van der Waals surface area contributed by atoms with E-state index in [0.717, 1.165) is 29.2 Å². The first kappa shape index (κ1) is 17.5. The summed E-state index contributed by atoms with van der Waals surface area (Å²) >= 11 is 11.9. The highest BCUT2D eigenvalue weighted by Gasteiger charge is 2.04. The van der Waals surface area contributed by atoms with Crippen LogP contribution in [0.5, 0.6) is 0 Å². The number of aryl methyl sites for hydroxylation is 1. The molecule has 3 rings (SSSR count). The molecule has 0 aliphatic heterocycles. The van der Waals surface area contributed by atoms with Gasteiger partial charge in [0.25, 0.3) is 0 Å². The molecule has 128 valence electrons. The lowest BCUT2D eigenvalue weighted by Crippen LogP contribution is -2.09. The zero-order valence-electron chi connectivity index (χ0n) is 13.6. The number of anilines is 3. The van der Waals surface area contributed by atoms with E-state index in [1.54, 1.807) is 6.20 Å². The standard InChI is InChI=1S/C18H17Cl2N5/c1-12-2-5-15(20)10-16(12)23-18-24-17(11-22-25-18)21-9-8-13-3-6-14(19)7-4-13/h2-7,10-11H,8-9H2,1H3,(H2,21,23,24,25). The number of rotatable bonds is 6. The summed E-state index contributed by atoms with van der Waals surface area (Å²) < 4.78 is 0. The monoisotopic (exact) mass is 373 g/mol. The van der Waals surface area contributed by atoms with Crippen LogP contribution in [0.1, 0.15) is 11.1 Å². The first-order chi connectivity index (χ1) is 12.1. The fourth-order valence-electron chi connectivity index (χ4n) is 2.28. The number of halogens is 2. The quantitative estimate of drug-likeness (QED) is 0.644. The summed E-state index contributed by atoms with van der Waals surface area (Å²) in [5, 5.41) is 15.8. The van der Waals surface area contributed by atoms with Crippen LogP contribution in [0.15, 0.2) is 48.7 Å². The van der Waals surface area contributed by atoms with Crippen molar-refractivity contribution in [1.82, 2.24) is 15.2 Å². The zero-order valence-corrected chi connectivity index (χ0v) is 15.1. The van der Waals surface area contributed by atoms with Crippen molar-refractivity contribution in [3.8, 4) is 0 Å². The Labute approximate surface area is 156 Å². The lowest BCUT2D eigenvalue weighted by Gasteiger charge is -2.10. The van der Waals surface area contributed by atoms with E-state index in [4.69, 9.17) is 23.2 Å². The van der Waals surface area contributed by atoms with Gasteiger partial charge in [0.1, 0.15) is 0 Å². The maximum atomic E-state index is 6.03. The fourth-order valence-corrected chi connectivity index (χ4v) is 2.58. The third-order valence-electron chi connectivity index (χ3n) is 3.64. The van der Waals surface area contributed by atoms with Crippen LogP contribution < -0.4 is 10.6 Å². The van der Waals surface area contributed by atoms with E-state index in [0.29, 0.717) is 16.8 Å². The van der Waals surface area contributed by atoms with E-state index in [-0.39, 0.29) is 0 Å². The predicted octanol–water partition coefficient (Wildman–Crippen LogP) is 4.89. The molecule has 0 amide bonds. The van der Waals surface area contributed by atoms with Gasteiger partial charge in [-0.25, -0.2) is 0 Å². The molecule has 25 heavy (non-hydrogen) atoms. The maximum Gasteiger partial charge on any atom is 0.249 e. The van der Waals surface area contributed by atoms with Gasteiger partial charge in [-0.05, 0) is 48.7 Å². The molecule has 2 N–H and O–H groups in total. The van der Waals surface area contributed by atoms with Gasteiger partial charge in [-0.15, -0.1) is 5.10 Å². The third kappa shape index (κ3) is 5.05. The minimum atomic E-state index is 0.418. The smallest absolute Gasteiger partial charge is 0.249 e. The lowest BCUT2D eigenvalue weighted by atomic mass is 10.1. The van der Waals surface area contributed by atoms with Crippen molar-refractivity contribution in [1.29, 1.82) is 0 Å². The first-order valence-electron chi connectivity index (χ1n) is 7.81. The summed E-state index contributed by atoms with van der Waals surface area (Å²) in [5.41, 5.74) is 3.11. The van der Waals surface area contributed by atoms with Gasteiger partial charge in [-0.1, -0.05) is 41.4 Å². The number of nitrogens with one attached hydrogen (secondary N) is 2. The molecule has 1 heterocycles. The molecule has 1 aromatic heterocycles. The van der Waals surface area contributed by atoms with Gasteiger partial charge in [-0.2, -0.15) is 10.1 Å². The Morgan fingerprint density at radius 1 is 1.00 bits per heavy atom. The summed E-state index contributed by atoms with van der Waals surface area (Å²) in [4.78, 5) is 4.42. The molecule has 0 spiro atoms. The van der Waals surface area contributed by atoms with Crippen molar-refractivity contribution in [2.75, 3.05) is 17.2 Å². The third-order valence-corrected chi connectivity index (χ3v) is 4.13. The minimum Gasteiger partial charge on any atom is -0.368 e. The Balaban J connectivity index is 1.61. The first-order valence-corrected chi connectivity index (χ1v) is 8.57. The Bertz CT molecular complexity index is 852. The van der Waals surface area contributed by atoms with E-state index < -0.39 is 0 Å². The van der Waals surface area contributed by atoms with Gasteiger partial charge in [0.15, 0.2) is 5.82 Å². The predicted molar refractivity (Wildman–Crippen MR) is 103 cm³/mol. The second-order valence-electron chi connectivity index (χ2n) is 5.55. The molecular formula is C18H17Cl2N5. The van der Waals surface area contributed by atoms with Crippen molar-refractivity contribution >= 4 is 40.7 Å². The van der Waals surface area contributed by atoms with E-state index >= 15 is 0 Å². The molecule has 3 aromatic rings. The Hall–Kier alpha value is -2.37. The van der Waals surface area contributed by atoms with Crippen LogP contribution in [0.2, 0.25) is 10.0 Å². The normalized spacial score (nSPS) is 10.5. The largest absolute Gasteiger partial charge is 0.368 e. The highest BCUT2D eigenvalue weighted by Crippen LogP contribution is 2.22. The van der Waals surface area contributed by atoms with Crippen LogP contribution in [0, 0.1) is 6.92 Å².